The van der Waals surface area contributed by atoms with Crippen LogP contribution in [0.3, 0.4) is 0 Å². The van der Waals surface area contributed by atoms with Crippen molar-refractivity contribution in [1.29, 1.82) is 0 Å². The van der Waals surface area contributed by atoms with Crippen molar-refractivity contribution in [3.8, 4) is 0 Å². The molecule has 0 radical (unpaired) electrons. The summed E-state index contributed by atoms with van der Waals surface area (Å²) < 4.78 is 40.2. The summed E-state index contributed by atoms with van der Waals surface area (Å²) in [6.45, 7) is 1.90. The fraction of sp³-hybridized carbons (Fsp3) is 0.333. The summed E-state index contributed by atoms with van der Waals surface area (Å²) in [5.74, 6) is -1.04. The van der Waals surface area contributed by atoms with E-state index in [1.165, 1.54) is 52.5 Å². The molecule has 0 atom stereocenters. The molecular weight excluding hydrogens is 409 g/mol. The predicted molar refractivity (Wildman–Crippen MR) is 112 cm³/mol. The third-order valence-corrected chi connectivity index (χ3v) is 7.18. The number of anilines is 2. The van der Waals surface area contributed by atoms with Crippen molar-refractivity contribution >= 4 is 33.2 Å². The molecule has 160 valence electrons. The van der Waals surface area contributed by atoms with Gasteiger partial charge < -0.3 is 10.2 Å². The van der Waals surface area contributed by atoms with Crippen LogP contribution in [-0.2, 0) is 19.6 Å². The lowest BCUT2D eigenvalue weighted by Gasteiger charge is -2.30. The van der Waals surface area contributed by atoms with E-state index in [2.05, 4.69) is 5.32 Å². The van der Waals surface area contributed by atoms with E-state index in [0.717, 1.165) is 0 Å². The van der Waals surface area contributed by atoms with E-state index in [1.54, 1.807) is 19.2 Å². The van der Waals surface area contributed by atoms with E-state index in [4.69, 9.17) is 0 Å². The van der Waals surface area contributed by atoms with Crippen LogP contribution in [0.5, 0.6) is 0 Å². The summed E-state index contributed by atoms with van der Waals surface area (Å²) in [4.78, 5) is 25.5. The Morgan fingerprint density at radius 3 is 2.13 bits per heavy atom. The highest BCUT2D eigenvalue weighted by Gasteiger charge is 2.32. The molecule has 1 heterocycles. The average molecular weight is 434 g/mol. The molecule has 2 aromatic rings. The number of carbonyl (C=O) groups excluding carboxylic acids is 2. The number of amides is 2. The quantitative estimate of drug-likeness (QED) is 0.786. The number of halogens is 1. The molecule has 1 aliphatic rings. The molecule has 0 spiro atoms. The standard InChI is InChI=1S/C21H24FN3O4S/c1-15(26)24(2)19-7-9-20(10-8-19)30(28,29)25-13-11-16(12-14-25)21(27)23-18-5-3-17(22)4-6-18/h3-10,16H,11-14H2,1-2H3,(H,23,27). The van der Waals surface area contributed by atoms with Crippen LogP contribution in [0.25, 0.3) is 0 Å². The van der Waals surface area contributed by atoms with Gasteiger partial charge in [-0.3, -0.25) is 9.59 Å². The molecule has 1 N–H and O–H groups in total. The highest BCUT2D eigenvalue weighted by molar-refractivity contribution is 7.89. The Labute approximate surface area is 175 Å². The molecule has 2 aromatic carbocycles. The zero-order valence-electron chi connectivity index (χ0n) is 16.8. The first-order chi connectivity index (χ1) is 14.2. The molecule has 30 heavy (non-hydrogen) atoms. The lowest BCUT2D eigenvalue weighted by atomic mass is 9.97. The van der Waals surface area contributed by atoms with Crippen molar-refractivity contribution in [3.63, 3.8) is 0 Å². The molecule has 0 aliphatic carbocycles. The molecule has 7 nitrogen and oxygen atoms in total. The van der Waals surface area contributed by atoms with E-state index in [1.807, 2.05) is 0 Å². The topological polar surface area (TPSA) is 86.8 Å². The molecule has 1 aliphatic heterocycles. The Balaban J connectivity index is 1.61. The van der Waals surface area contributed by atoms with Crippen molar-refractivity contribution < 1.29 is 22.4 Å². The number of rotatable bonds is 5. The summed E-state index contributed by atoms with van der Waals surface area (Å²) in [7, 11) is -2.06. The van der Waals surface area contributed by atoms with Gasteiger partial charge in [0, 0.05) is 44.4 Å². The monoisotopic (exact) mass is 433 g/mol. The van der Waals surface area contributed by atoms with Gasteiger partial charge in [0.15, 0.2) is 0 Å². The summed E-state index contributed by atoms with van der Waals surface area (Å²) in [6.07, 6.45) is 0.800. The maximum absolute atomic E-state index is 13.0. The predicted octanol–water partition coefficient (Wildman–Crippen LogP) is 2.85. The Hall–Kier alpha value is -2.78. The van der Waals surface area contributed by atoms with Crippen molar-refractivity contribution in [3.05, 3.63) is 54.3 Å². The SMILES string of the molecule is CC(=O)N(C)c1ccc(S(=O)(=O)N2CCC(C(=O)Nc3ccc(F)cc3)CC2)cc1. The Morgan fingerprint density at radius 1 is 1.03 bits per heavy atom. The smallest absolute Gasteiger partial charge is 0.243 e. The zero-order chi connectivity index (χ0) is 21.9. The molecule has 0 unspecified atom stereocenters. The summed E-state index contributed by atoms with van der Waals surface area (Å²) in [5, 5.41) is 2.74. The van der Waals surface area contributed by atoms with Crippen LogP contribution in [0.2, 0.25) is 0 Å². The second-order valence-corrected chi connectivity index (χ2v) is 9.18. The van der Waals surface area contributed by atoms with Crippen LogP contribution in [0.1, 0.15) is 19.8 Å². The van der Waals surface area contributed by atoms with Crippen LogP contribution < -0.4 is 10.2 Å². The van der Waals surface area contributed by atoms with Gasteiger partial charge in [-0.2, -0.15) is 4.31 Å². The van der Waals surface area contributed by atoms with E-state index in [9.17, 15) is 22.4 Å². The van der Waals surface area contributed by atoms with Gasteiger partial charge >= 0.3 is 0 Å². The van der Waals surface area contributed by atoms with Gasteiger partial charge in [-0.05, 0) is 61.4 Å². The molecule has 2 amide bonds. The first kappa shape index (κ1) is 21.9. The molecule has 1 fully saturated rings. The van der Waals surface area contributed by atoms with Gasteiger partial charge in [0.05, 0.1) is 4.90 Å². The van der Waals surface area contributed by atoms with E-state index in [-0.39, 0.29) is 41.5 Å². The molecule has 3 rings (SSSR count). The van der Waals surface area contributed by atoms with E-state index >= 15 is 0 Å². The van der Waals surface area contributed by atoms with Crippen molar-refractivity contribution in [2.24, 2.45) is 5.92 Å². The van der Waals surface area contributed by atoms with E-state index < -0.39 is 10.0 Å². The first-order valence-corrected chi connectivity index (χ1v) is 11.0. The molecule has 1 saturated heterocycles. The summed E-state index contributed by atoms with van der Waals surface area (Å²) in [6, 6.07) is 11.7. The third kappa shape index (κ3) is 4.85. The number of piperidine rings is 1. The highest BCUT2D eigenvalue weighted by atomic mass is 32.2. The first-order valence-electron chi connectivity index (χ1n) is 9.59. The second kappa shape index (κ2) is 8.93. The number of hydrogen-bond donors (Lipinski definition) is 1. The van der Waals surface area contributed by atoms with Crippen LogP contribution in [-0.4, -0.2) is 44.7 Å². The van der Waals surface area contributed by atoms with Gasteiger partial charge in [0.25, 0.3) is 0 Å². The Bertz CT molecular complexity index is 1020. The Morgan fingerprint density at radius 2 is 1.60 bits per heavy atom. The number of benzene rings is 2. The fourth-order valence-corrected chi connectivity index (χ4v) is 4.78. The lowest BCUT2D eigenvalue weighted by molar-refractivity contribution is -0.121. The van der Waals surface area contributed by atoms with Crippen LogP contribution in [0, 0.1) is 11.7 Å². The highest BCUT2D eigenvalue weighted by Crippen LogP contribution is 2.26. The third-order valence-electron chi connectivity index (χ3n) is 5.27. The van der Waals surface area contributed by atoms with Crippen molar-refractivity contribution in [2.75, 3.05) is 30.4 Å². The molecule has 0 saturated carbocycles. The number of nitrogens with one attached hydrogen (secondary N) is 1. The number of sulfonamides is 1. The maximum atomic E-state index is 13.0. The van der Waals surface area contributed by atoms with Crippen LogP contribution in [0.15, 0.2) is 53.4 Å². The fourth-order valence-electron chi connectivity index (χ4n) is 3.31. The second-order valence-electron chi connectivity index (χ2n) is 7.25. The van der Waals surface area contributed by atoms with Gasteiger partial charge in [0.1, 0.15) is 5.82 Å². The molecular formula is C21H24FN3O4S. The minimum Gasteiger partial charge on any atom is -0.326 e. The minimum absolute atomic E-state index is 0.147. The van der Waals surface area contributed by atoms with Gasteiger partial charge in [-0.15, -0.1) is 0 Å². The summed E-state index contributed by atoms with van der Waals surface area (Å²) >= 11 is 0. The zero-order valence-corrected chi connectivity index (χ0v) is 17.7. The molecule has 9 heteroatoms. The van der Waals surface area contributed by atoms with Gasteiger partial charge in [-0.25, -0.2) is 12.8 Å². The largest absolute Gasteiger partial charge is 0.326 e. The van der Waals surface area contributed by atoms with Gasteiger partial charge in [0.2, 0.25) is 21.8 Å². The van der Waals surface area contributed by atoms with Crippen molar-refractivity contribution in [1.82, 2.24) is 4.31 Å². The van der Waals surface area contributed by atoms with Crippen LogP contribution in [0.4, 0.5) is 15.8 Å². The van der Waals surface area contributed by atoms with Crippen LogP contribution >= 0.6 is 0 Å². The molecule has 0 aromatic heterocycles. The number of hydrogen-bond acceptors (Lipinski definition) is 4. The number of nitrogens with zero attached hydrogens (tertiary/aromatic N) is 2. The number of carbonyl (C=O) groups is 2. The van der Waals surface area contributed by atoms with E-state index in [0.29, 0.717) is 24.2 Å². The lowest BCUT2D eigenvalue weighted by Crippen LogP contribution is -2.41. The summed E-state index contributed by atoms with van der Waals surface area (Å²) in [5.41, 5.74) is 1.12. The van der Waals surface area contributed by atoms with Gasteiger partial charge in [-0.1, -0.05) is 0 Å². The maximum Gasteiger partial charge on any atom is 0.243 e. The Kier molecular flexibility index (Phi) is 6.52. The normalized spacial score (nSPS) is 15.6. The van der Waals surface area contributed by atoms with Crippen molar-refractivity contribution in [2.45, 2.75) is 24.7 Å². The minimum atomic E-state index is -3.68. The average Bonchev–Trinajstić information content (AvgIpc) is 2.75. The molecule has 0 bridgehead atoms.